The molecule has 1 amide bonds. The number of nitrogens with one attached hydrogen (secondary N) is 1. The number of hydrogen-bond donors (Lipinski definition) is 1. The number of fused-ring (bicyclic) bond motifs is 1. The van der Waals surface area contributed by atoms with Crippen LogP contribution in [0.2, 0.25) is 0 Å². The standard InChI is InChI=1S/C19H18BrNO6/c1-24-19(23)11-27-14-4-2-13(3-5-14)21-18(22)9-12-8-16-17(10-15(12)20)26-7-6-25-16/h2-5,8,10H,6-7,9,11H2,1H3,(H,21,22). The highest BCUT2D eigenvalue weighted by atomic mass is 79.9. The SMILES string of the molecule is COC(=O)COc1ccc(NC(=O)Cc2cc3c(cc2Br)OCCO3)cc1. The van der Waals surface area contributed by atoms with Gasteiger partial charge in [0.25, 0.3) is 0 Å². The van der Waals surface area contributed by atoms with Crippen molar-refractivity contribution in [3.05, 3.63) is 46.4 Å². The average Bonchev–Trinajstić information content (AvgIpc) is 2.67. The Morgan fingerprint density at radius 2 is 1.78 bits per heavy atom. The maximum atomic E-state index is 12.3. The molecule has 0 unspecified atom stereocenters. The third kappa shape index (κ3) is 5.13. The quantitative estimate of drug-likeness (QED) is 0.702. The maximum Gasteiger partial charge on any atom is 0.343 e. The zero-order valence-corrected chi connectivity index (χ0v) is 16.2. The van der Waals surface area contributed by atoms with Gasteiger partial charge < -0.3 is 24.3 Å². The Balaban J connectivity index is 1.58. The van der Waals surface area contributed by atoms with E-state index in [0.717, 1.165) is 10.0 Å². The molecule has 7 nitrogen and oxygen atoms in total. The van der Waals surface area contributed by atoms with Gasteiger partial charge in [0.2, 0.25) is 5.91 Å². The first kappa shape index (κ1) is 19.0. The van der Waals surface area contributed by atoms with Gasteiger partial charge in [-0.15, -0.1) is 0 Å². The Morgan fingerprint density at radius 1 is 1.11 bits per heavy atom. The highest BCUT2D eigenvalue weighted by Gasteiger charge is 2.16. The van der Waals surface area contributed by atoms with Crippen LogP contribution < -0.4 is 19.5 Å². The topological polar surface area (TPSA) is 83.1 Å². The normalized spacial score (nSPS) is 12.2. The van der Waals surface area contributed by atoms with Crippen LogP contribution in [0.25, 0.3) is 0 Å². The Bertz CT molecular complexity index is 837. The van der Waals surface area contributed by atoms with Crippen LogP contribution in [0.15, 0.2) is 40.9 Å². The molecule has 1 aliphatic heterocycles. The third-order valence-corrected chi connectivity index (χ3v) is 4.52. The van der Waals surface area contributed by atoms with E-state index >= 15 is 0 Å². The van der Waals surface area contributed by atoms with E-state index in [9.17, 15) is 9.59 Å². The lowest BCUT2D eigenvalue weighted by Gasteiger charge is -2.19. The molecule has 8 heteroatoms. The molecule has 2 aromatic carbocycles. The highest BCUT2D eigenvalue weighted by Crippen LogP contribution is 2.35. The molecule has 142 valence electrons. The number of esters is 1. The minimum atomic E-state index is -0.461. The van der Waals surface area contributed by atoms with Gasteiger partial charge in [-0.25, -0.2) is 4.79 Å². The zero-order chi connectivity index (χ0) is 19.2. The van der Waals surface area contributed by atoms with Gasteiger partial charge in [0.15, 0.2) is 18.1 Å². The van der Waals surface area contributed by atoms with Gasteiger partial charge in [-0.1, -0.05) is 15.9 Å². The van der Waals surface area contributed by atoms with Crippen molar-refractivity contribution in [2.24, 2.45) is 0 Å². The van der Waals surface area contributed by atoms with Crippen molar-refractivity contribution in [1.82, 2.24) is 0 Å². The summed E-state index contributed by atoms with van der Waals surface area (Å²) in [6.45, 7) is 0.837. The molecule has 0 spiro atoms. The minimum Gasteiger partial charge on any atom is -0.486 e. The van der Waals surface area contributed by atoms with Gasteiger partial charge in [0, 0.05) is 10.2 Å². The summed E-state index contributed by atoms with van der Waals surface area (Å²) in [5.74, 6) is 1.18. The lowest BCUT2D eigenvalue weighted by molar-refractivity contribution is -0.142. The van der Waals surface area contributed by atoms with Crippen LogP contribution >= 0.6 is 15.9 Å². The summed E-state index contributed by atoms with van der Waals surface area (Å²) in [7, 11) is 1.30. The molecule has 0 radical (unpaired) electrons. The fourth-order valence-electron chi connectivity index (χ4n) is 2.46. The number of ether oxygens (including phenoxy) is 4. The zero-order valence-electron chi connectivity index (χ0n) is 14.6. The first-order valence-corrected chi connectivity index (χ1v) is 9.02. The lowest BCUT2D eigenvalue weighted by Crippen LogP contribution is -2.17. The summed E-state index contributed by atoms with van der Waals surface area (Å²) in [6, 6.07) is 10.3. The molecule has 27 heavy (non-hydrogen) atoms. The number of carbonyl (C=O) groups is 2. The van der Waals surface area contributed by atoms with E-state index in [2.05, 4.69) is 26.0 Å². The number of hydrogen-bond acceptors (Lipinski definition) is 6. The molecule has 0 atom stereocenters. The van der Waals surface area contributed by atoms with Gasteiger partial charge in [0.1, 0.15) is 19.0 Å². The van der Waals surface area contributed by atoms with E-state index in [4.69, 9.17) is 14.2 Å². The molecule has 0 aromatic heterocycles. The van der Waals surface area contributed by atoms with Crippen LogP contribution in [0.5, 0.6) is 17.2 Å². The minimum absolute atomic E-state index is 0.166. The number of anilines is 1. The summed E-state index contributed by atoms with van der Waals surface area (Å²) >= 11 is 3.46. The van der Waals surface area contributed by atoms with Crippen LogP contribution in [-0.4, -0.2) is 38.8 Å². The van der Waals surface area contributed by atoms with Gasteiger partial charge in [-0.3, -0.25) is 4.79 Å². The largest absolute Gasteiger partial charge is 0.486 e. The summed E-state index contributed by atoms with van der Waals surface area (Å²) in [6.07, 6.45) is 0.178. The number of methoxy groups -OCH3 is 1. The maximum absolute atomic E-state index is 12.3. The van der Waals surface area contributed by atoms with Gasteiger partial charge in [0.05, 0.1) is 13.5 Å². The third-order valence-electron chi connectivity index (χ3n) is 3.78. The van der Waals surface area contributed by atoms with Crippen LogP contribution in [0.4, 0.5) is 5.69 Å². The molecule has 0 saturated carbocycles. The molecule has 2 aromatic rings. The molecule has 0 aliphatic carbocycles. The number of carbonyl (C=O) groups excluding carboxylic acids is 2. The Labute approximate surface area is 164 Å². The van der Waals surface area contributed by atoms with E-state index in [1.807, 2.05) is 12.1 Å². The molecule has 0 fully saturated rings. The number of rotatable bonds is 6. The van der Waals surface area contributed by atoms with Crippen LogP contribution in [0.3, 0.4) is 0 Å². The highest BCUT2D eigenvalue weighted by molar-refractivity contribution is 9.10. The van der Waals surface area contributed by atoms with Crippen molar-refractivity contribution in [3.63, 3.8) is 0 Å². The van der Waals surface area contributed by atoms with Crippen LogP contribution in [0, 0.1) is 0 Å². The van der Waals surface area contributed by atoms with Crippen LogP contribution in [0.1, 0.15) is 5.56 Å². The second-order valence-electron chi connectivity index (χ2n) is 5.70. The Morgan fingerprint density at radius 3 is 2.44 bits per heavy atom. The average molecular weight is 436 g/mol. The number of amides is 1. The molecule has 1 heterocycles. The molecular formula is C19H18BrNO6. The van der Waals surface area contributed by atoms with Crippen molar-refractivity contribution in [2.75, 3.05) is 32.2 Å². The van der Waals surface area contributed by atoms with Gasteiger partial charge in [-0.2, -0.15) is 0 Å². The molecule has 1 aliphatic rings. The lowest BCUT2D eigenvalue weighted by atomic mass is 10.1. The van der Waals surface area contributed by atoms with E-state index in [0.29, 0.717) is 36.1 Å². The van der Waals surface area contributed by atoms with Crippen molar-refractivity contribution >= 4 is 33.5 Å². The summed E-state index contributed by atoms with van der Waals surface area (Å²) in [5.41, 5.74) is 1.42. The molecule has 3 rings (SSSR count). The summed E-state index contributed by atoms with van der Waals surface area (Å²) in [5, 5.41) is 2.82. The van der Waals surface area contributed by atoms with Gasteiger partial charge >= 0.3 is 5.97 Å². The second kappa shape index (κ2) is 8.77. The molecule has 1 N–H and O–H groups in total. The predicted octanol–water partition coefficient (Wildman–Crippen LogP) is 2.95. The second-order valence-corrected chi connectivity index (χ2v) is 6.56. The van der Waals surface area contributed by atoms with Crippen molar-refractivity contribution in [3.8, 4) is 17.2 Å². The van der Waals surface area contributed by atoms with E-state index < -0.39 is 5.97 Å². The Kier molecular flexibility index (Phi) is 6.18. The predicted molar refractivity (Wildman–Crippen MR) is 101 cm³/mol. The molecular weight excluding hydrogens is 418 g/mol. The summed E-state index contributed by atoms with van der Waals surface area (Å²) in [4.78, 5) is 23.4. The first-order valence-electron chi connectivity index (χ1n) is 8.22. The fourth-order valence-corrected chi connectivity index (χ4v) is 2.92. The van der Waals surface area contributed by atoms with E-state index in [1.54, 1.807) is 24.3 Å². The Hall–Kier alpha value is -2.74. The number of halogens is 1. The van der Waals surface area contributed by atoms with E-state index in [-0.39, 0.29) is 18.9 Å². The monoisotopic (exact) mass is 435 g/mol. The van der Waals surface area contributed by atoms with Crippen LogP contribution in [-0.2, 0) is 20.7 Å². The summed E-state index contributed by atoms with van der Waals surface area (Å²) < 4.78 is 21.6. The first-order chi connectivity index (χ1) is 13.0. The van der Waals surface area contributed by atoms with Gasteiger partial charge in [-0.05, 0) is 42.0 Å². The smallest absolute Gasteiger partial charge is 0.343 e. The molecule has 0 saturated heterocycles. The van der Waals surface area contributed by atoms with E-state index in [1.165, 1.54) is 7.11 Å². The van der Waals surface area contributed by atoms with Crippen molar-refractivity contribution in [2.45, 2.75) is 6.42 Å². The van der Waals surface area contributed by atoms with Crippen molar-refractivity contribution < 1.29 is 28.5 Å². The molecule has 0 bridgehead atoms. The number of benzene rings is 2. The fraction of sp³-hybridized carbons (Fsp3) is 0.263. The van der Waals surface area contributed by atoms with Crippen molar-refractivity contribution in [1.29, 1.82) is 0 Å².